The van der Waals surface area contributed by atoms with Crippen LogP contribution in [0.15, 0.2) is 84.0 Å². The second kappa shape index (κ2) is 10.1. The number of ether oxygens (including phenoxy) is 1. The molecule has 8 heteroatoms. The highest BCUT2D eigenvalue weighted by atomic mass is 32.2. The maximum atomic E-state index is 13.5. The monoisotopic (exact) mass is 448 g/mol. The van der Waals surface area contributed by atoms with Crippen molar-refractivity contribution in [1.82, 2.24) is 20.1 Å². The van der Waals surface area contributed by atoms with Crippen molar-refractivity contribution in [3.05, 3.63) is 102 Å². The molecule has 0 fully saturated rings. The molecule has 1 heterocycles. The predicted molar refractivity (Wildman–Crippen MR) is 121 cm³/mol. The number of methoxy groups -OCH3 is 1. The van der Waals surface area contributed by atoms with Gasteiger partial charge in [-0.15, -0.1) is 10.2 Å². The van der Waals surface area contributed by atoms with Crippen molar-refractivity contribution in [2.75, 3.05) is 7.11 Å². The molecule has 6 nitrogen and oxygen atoms in total. The van der Waals surface area contributed by atoms with Gasteiger partial charge in [0.15, 0.2) is 11.0 Å². The standard InChI is InChI=1S/C24H21FN4O2S/c1-31-21-12-10-18(11-13-21)23(30)26-15-22-27-28-24(29(22)20-8-3-2-4-9-20)32-16-17-6-5-7-19(25)14-17/h2-14H,15-16H2,1H3,(H,26,30). The summed E-state index contributed by atoms with van der Waals surface area (Å²) in [6.07, 6.45) is 0. The van der Waals surface area contributed by atoms with Gasteiger partial charge in [0.1, 0.15) is 11.6 Å². The third kappa shape index (κ3) is 5.15. The first kappa shape index (κ1) is 21.6. The molecule has 0 aliphatic carbocycles. The number of nitrogens with zero attached hydrogens (tertiary/aromatic N) is 3. The van der Waals surface area contributed by atoms with Crippen molar-refractivity contribution in [3.63, 3.8) is 0 Å². The summed E-state index contributed by atoms with van der Waals surface area (Å²) in [6.45, 7) is 0.202. The van der Waals surface area contributed by atoms with Gasteiger partial charge in [-0.3, -0.25) is 9.36 Å². The van der Waals surface area contributed by atoms with Gasteiger partial charge < -0.3 is 10.1 Å². The number of aromatic nitrogens is 3. The molecular formula is C24H21FN4O2S. The maximum absolute atomic E-state index is 13.5. The predicted octanol–water partition coefficient (Wildman–Crippen LogP) is 4.64. The quantitative estimate of drug-likeness (QED) is 0.398. The molecule has 0 saturated carbocycles. The first-order chi connectivity index (χ1) is 15.6. The summed E-state index contributed by atoms with van der Waals surface area (Å²) in [5.74, 6) is 1.34. The molecule has 32 heavy (non-hydrogen) atoms. The summed E-state index contributed by atoms with van der Waals surface area (Å²) in [4.78, 5) is 12.6. The van der Waals surface area contributed by atoms with E-state index in [9.17, 15) is 9.18 Å². The van der Waals surface area contributed by atoms with Gasteiger partial charge in [0.2, 0.25) is 0 Å². The smallest absolute Gasteiger partial charge is 0.251 e. The van der Waals surface area contributed by atoms with Gasteiger partial charge in [-0.05, 0) is 54.1 Å². The second-order valence-electron chi connectivity index (χ2n) is 6.90. The Morgan fingerprint density at radius 3 is 2.53 bits per heavy atom. The molecule has 3 aromatic carbocycles. The highest BCUT2D eigenvalue weighted by molar-refractivity contribution is 7.98. The van der Waals surface area contributed by atoms with Crippen LogP contribution < -0.4 is 10.1 Å². The number of para-hydroxylation sites is 1. The Morgan fingerprint density at radius 1 is 1.03 bits per heavy atom. The molecule has 4 rings (SSSR count). The van der Waals surface area contributed by atoms with Crippen LogP contribution in [0.4, 0.5) is 4.39 Å². The molecule has 0 aliphatic rings. The van der Waals surface area contributed by atoms with Crippen LogP contribution in [-0.2, 0) is 12.3 Å². The number of carbonyl (C=O) groups excluding carboxylic acids is 1. The van der Waals surface area contributed by atoms with E-state index in [2.05, 4.69) is 15.5 Å². The van der Waals surface area contributed by atoms with Crippen molar-refractivity contribution in [3.8, 4) is 11.4 Å². The summed E-state index contributed by atoms with van der Waals surface area (Å²) in [7, 11) is 1.58. The molecule has 1 N–H and O–H groups in total. The van der Waals surface area contributed by atoms with E-state index in [4.69, 9.17) is 4.74 Å². The number of hydrogen-bond donors (Lipinski definition) is 1. The lowest BCUT2D eigenvalue weighted by molar-refractivity contribution is 0.0949. The topological polar surface area (TPSA) is 69.0 Å². The number of thioether (sulfide) groups is 1. The van der Waals surface area contributed by atoms with Crippen LogP contribution in [0.2, 0.25) is 0 Å². The van der Waals surface area contributed by atoms with Crippen LogP contribution in [0, 0.1) is 5.82 Å². The van der Waals surface area contributed by atoms with Crippen molar-refractivity contribution in [2.24, 2.45) is 0 Å². The van der Waals surface area contributed by atoms with Gasteiger partial charge in [0.05, 0.1) is 13.7 Å². The van der Waals surface area contributed by atoms with Crippen molar-refractivity contribution >= 4 is 17.7 Å². The first-order valence-electron chi connectivity index (χ1n) is 9.93. The molecule has 0 aliphatic heterocycles. The molecular weight excluding hydrogens is 427 g/mol. The molecule has 1 amide bonds. The molecule has 1 aromatic heterocycles. The highest BCUT2D eigenvalue weighted by Gasteiger charge is 2.16. The fourth-order valence-corrected chi connectivity index (χ4v) is 4.04. The second-order valence-corrected chi connectivity index (χ2v) is 7.84. The fraction of sp³-hybridized carbons (Fsp3) is 0.125. The van der Waals surface area contributed by atoms with E-state index in [1.807, 2.05) is 41.0 Å². The minimum Gasteiger partial charge on any atom is -0.497 e. The van der Waals surface area contributed by atoms with E-state index in [1.165, 1.54) is 23.9 Å². The maximum Gasteiger partial charge on any atom is 0.251 e. The van der Waals surface area contributed by atoms with E-state index >= 15 is 0 Å². The van der Waals surface area contributed by atoms with Gasteiger partial charge in [0, 0.05) is 17.0 Å². The summed E-state index contributed by atoms with van der Waals surface area (Å²) in [6, 6.07) is 23.1. The fourth-order valence-electron chi connectivity index (χ4n) is 3.12. The average Bonchev–Trinajstić information content (AvgIpc) is 3.24. The summed E-state index contributed by atoms with van der Waals surface area (Å²) in [5, 5.41) is 12.2. The van der Waals surface area contributed by atoms with Crippen molar-refractivity contribution in [2.45, 2.75) is 17.5 Å². The number of hydrogen-bond acceptors (Lipinski definition) is 5. The van der Waals surface area contributed by atoms with E-state index in [-0.39, 0.29) is 18.3 Å². The summed E-state index contributed by atoms with van der Waals surface area (Å²) < 4.78 is 20.5. The zero-order chi connectivity index (χ0) is 22.3. The molecule has 0 unspecified atom stereocenters. The largest absolute Gasteiger partial charge is 0.497 e. The zero-order valence-electron chi connectivity index (χ0n) is 17.4. The van der Waals surface area contributed by atoms with Crippen molar-refractivity contribution in [1.29, 1.82) is 0 Å². The van der Waals surface area contributed by atoms with Gasteiger partial charge in [-0.2, -0.15) is 0 Å². The molecule has 0 spiro atoms. The van der Waals surface area contributed by atoms with E-state index < -0.39 is 0 Å². The Labute approximate surface area is 189 Å². The van der Waals surface area contributed by atoms with Crippen LogP contribution >= 0.6 is 11.8 Å². The van der Waals surface area contributed by atoms with Gasteiger partial charge in [-0.25, -0.2) is 4.39 Å². The summed E-state index contributed by atoms with van der Waals surface area (Å²) in [5.41, 5.74) is 2.26. The van der Waals surface area contributed by atoms with Gasteiger partial charge in [0.25, 0.3) is 5.91 Å². The van der Waals surface area contributed by atoms with Crippen LogP contribution in [0.1, 0.15) is 21.7 Å². The lowest BCUT2D eigenvalue weighted by atomic mass is 10.2. The van der Waals surface area contributed by atoms with E-state index in [0.717, 1.165) is 11.3 Å². The first-order valence-corrected chi connectivity index (χ1v) is 10.9. The van der Waals surface area contributed by atoms with Crippen LogP contribution in [0.5, 0.6) is 5.75 Å². The molecule has 162 valence electrons. The minimum atomic E-state index is -0.269. The molecule has 0 radical (unpaired) electrons. The van der Waals surface area contributed by atoms with E-state index in [0.29, 0.717) is 28.0 Å². The Hall–Kier alpha value is -3.65. The SMILES string of the molecule is COc1ccc(C(=O)NCc2nnc(SCc3cccc(F)c3)n2-c2ccccc2)cc1. The number of benzene rings is 3. The molecule has 4 aromatic rings. The number of rotatable bonds is 8. The van der Waals surface area contributed by atoms with Crippen molar-refractivity contribution < 1.29 is 13.9 Å². The lowest BCUT2D eigenvalue weighted by Gasteiger charge is -2.11. The van der Waals surface area contributed by atoms with Gasteiger partial charge >= 0.3 is 0 Å². The Balaban J connectivity index is 1.53. The molecule has 0 atom stereocenters. The van der Waals surface area contributed by atoms with Crippen LogP contribution in [0.3, 0.4) is 0 Å². The van der Waals surface area contributed by atoms with Gasteiger partial charge in [-0.1, -0.05) is 42.1 Å². The Bertz CT molecular complexity index is 1200. The van der Waals surface area contributed by atoms with Crippen LogP contribution in [0.25, 0.3) is 5.69 Å². The molecule has 0 saturated heterocycles. The average molecular weight is 449 g/mol. The van der Waals surface area contributed by atoms with E-state index in [1.54, 1.807) is 37.4 Å². The third-order valence-electron chi connectivity index (χ3n) is 4.73. The normalized spacial score (nSPS) is 10.7. The number of carbonyl (C=O) groups is 1. The highest BCUT2D eigenvalue weighted by Crippen LogP contribution is 2.25. The summed E-state index contributed by atoms with van der Waals surface area (Å²) >= 11 is 1.46. The third-order valence-corrected chi connectivity index (χ3v) is 5.73. The number of amides is 1. The Kier molecular flexibility index (Phi) is 6.81. The van der Waals surface area contributed by atoms with Crippen LogP contribution in [-0.4, -0.2) is 27.8 Å². The lowest BCUT2D eigenvalue weighted by Crippen LogP contribution is -2.24. The number of nitrogens with one attached hydrogen (secondary N) is 1. The number of halogens is 1. The Morgan fingerprint density at radius 2 is 1.81 bits per heavy atom. The zero-order valence-corrected chi connectivity index (χ0v) is 18.2. The minimum absolute atomic E-state index is 0.202. The molecule has 0 bridgehead atoms.